The fourth-order valence-electron chi connectivity index (χ4n) is 4.76. The van der Waals surface area contributed by atoms with E-state index in [0.29, 0.717) is 36.2 Å². The summed E-state index contributed by atoms with van der Waals surface area (Å²) in [6.45, 7) is 15.1. The Hall–Kier alpha value is -3.30. The Morgan fingerprint density at radius 3 is 2.42 bits per heavy atom. The molecule has 1 aliphatic rings. The van der Waals surface area contributed by atoms with Crippen LogP contribution in [0.15, 0.2) is 30.3 Å². The summed E-state index contributed by atoms with van der Waals surface area (Å²) in [4.78, 5) is 35.7. The lowest BCUT2D eigenvalue weighted by molar-refractivity contribution is -0.116. The first kappa shape index (κ1) is 22.9. The summed E-state index contributed by atoms with van der Waals surface area (Å²) >= 11 is 0. The Kier molecular flexibility index (Phi) is 6.71. The number of likely N-dealkylation sites (tertiary alicyclic amines) is 1. The van der Waals surface area contributed by atoms with Crippen molar-refractivity contribution >= 4 is 28.3 Å². The van der Waals surface area contributed by atoms with Crippen molar-refractivity contribution in [2.75, 3.05) is 19.6 Å². The second-order valence-corrected chi connectivity index (χ2v) is 8.99. The molecular weight excluding hydrogens is 412 g/mol. The number of ketones is 2. The molecule has 0 saturated carbocycles. The van der Waals surface area contributed by atoms with E-state index in [2.05, 4.69) is 20.4 Å². The number of hydrogen-bond acceptors (Lipinski definition) is 4. The van der Waals surface area contributed by atoms with Crippen LogP contribution < -0.4 is 0 Å². The standard InChI is InChI=1S/C27H30N4O2/c1-18(32)8-9-21-16-24-27(29-19(21)2)26(25(33)17-30-14-6-5-7-15-30)20(3)31(24)23-12-10-22(28-4)11-13-23/h10-13,16H,5-9,14-15,17H2,1-3H3. The van der Waals surface area contributed by atoms with E-state index >= 15 is 0 Å². The van der Waals surface area contributed by atoms with Gasteiger partial charge in [0.2, 0.25) is 0 Å². The van der Waals surface area contributed by atoms with Gasteiger partial charge in [-0.05, 0) is 76.9 Å². The van der Waals surface area contributed by atoms with E-state index in [1.807, 2.05) is 26.0 Å². The number of aryl methyl sites for hydroxylation is 2. The summed E-state index contributed by atoms with van der Waals surface area (Å²) < 4.78 is 2.07. The molecule has 33 heavy (non-hydrogen) atoms. The number of piperidine rings is 1. The summed E-state index contributed by atoms with van der Waals surface area (Å²) in [5.41, 5.74) is 6.46. The highest BCUT2D eigenvalue weighted by Crippen LogP contribution is 2.31. The van der Waals surface area contributed by atoms with Crippen LogP contribution in [0.1, 0.15) is 59.9 Å². The smallest absolute Gasteiger partial charge is 0.187 e. The first-order valence-corrected chi connectivity index (χ1v) is 11.6. The summed E-state index contributed by atoms with van der Waals surface area (Å²) in [5, 5.41) is 0. The SMILES string of the molecule is [C-]#[N+]c1ccc(-n2c(C)c(C(=O)CN3CCCCC3)c3nc(C)c(CCC(C)=O)cc32)cc1. The van der Waals surface area contributed by atoms with Crippen molar-refractivity contribution < 1.29 is 9.59 Å². The van der Waals surface area contributed by atoms with Crippen LogP contribution >= 0.6 is 0 Å². The quantitative estimate of drug-likeness (QED) is 0.364. The molecule has 0 spiro atoms. The van der Waals surface area contributed by atoms with Crippen LogP contribution in [-0.4, -0.2) is 45.7 Å². The van der Waals surface area contributed by atoms with E-state index < -0.39 is 0 Å². The molecule has 0 atom stereocenters. The molecule has 0 amide bonds. The predicted molar refractivity (Wildman–Crippen MR) is 130 cm³/mol. The van der Waals surface area contributed by atoms with E-state index in [0.717, 1.165) is 54.1 Å². The largest absolute Gasteiger partial charge is 0.312 e. The minimum absolute atomic E-state index is 0.0966. The fourth-order valence-corrected chi connectivity index (χ4v) is 4.76. The maximum Gasteiger partial charge on any atom is 0.187 e. The van der Waals surface area contributed by atoms with Crippen LogP contribution in [0.3, 0.4) is 0 Å². The second kappa shape index (κ2) is 9.68. The van der Waals surface area contributed by atoms with Gasteiger partial charge in [-0.2, -0.15) is 0 Å². The summed E-state index contributed by atoms with van der Waals surface area (Å²) in [6, 6.07) is 9.48. The summed E-state index contributed by atoms with van der Waals surface area (Å²) in [6.07, 6.45) is 4.60. The van der Waals surface area contributed by atoms with Crippen LogP contribution in [0, 0.1) is 20.4 Å². The Morgan fingerprint density at radius 2 is 1.79 bits per heavy atom. The molecule has 3 heterocycles. The molecule has 6 nitrogen and oxygen atoms in total. The highest BCUT2D eigenvalue weighted by atomic mass is 16.1. The third-order valence-corrected chi connectivity index (χ3v) is 6.55. The average molecular weight is 443 g/mol. The van der Waals surface area contributed by atoms with Crippen molar-refractivity contribution in [3.05, 3.63) is 64.3 Å². The number of fused-ring (bicyclic) bond motifs is 1. The van der Waals surface area contributed by atoms with Crippen LogP contribution in [-0.2, 0) is 11.2 Å². The average Bonchev–Trinajstić information content (AvgIpc) is 3.08. The lowest BCUT2D eigenvalue weighted by Gasteiger charge is -2.25. The van der Waals surface area contributed by atoms with Gasteiger partial charge in [0.15, 0.2) is 11.5 Å². The van der Waals surface area contributed by atoms with Gasteiger partial charge in [-0.1, -0.05) is 18.6 Å². The van der Waals surface area contributed by atoms with E-state index in [-0.39, 0.29) is 11.6 Å². The molecule has 170 valence electrons. The molecule has 0 N–H and O–H groups in total. The normalized spacial score (nSPS) is 14.4. The monoisotopic (exact) mass is 442 g/mol. The molecule has 4 rings (SSSR count). The van der Waals surface area contributed by atoms with E-state index in [4.69, 9.17) is 11.6 Å². The molecular formula is C27H30N4O2. The number of Topliss-reactive ketones (excluding diaryl/α,β-unsaturated/α-hetero) is 2. The third-order valence-electron chi connectivity index (χ3n) is 6.55. The number of pyridine rings is 1. The molecule has 1 aliphatic heterocycles. The van der Waals surface area contributed by atoms with Gasteiger partial charge in [-0.15, -0.1) is 0 Å². The number of carbonyl (C=O) groups excluding carboxylic acids is 2. The topological polar surface area (TPSA) is 59.6 Å². The van der Waals surface area contributed by atoms with Crippen molar-refractivity contribution in [3.63, 3.8) is 0 Å². The number of hydrogen-bond donors (Lipinski definition) is 0. The second-order valence-electron chi connectivity index (χ2n) is 8.99. The van der Waals surface area contributed by atoms with Gasteiger partial charge in [0.1, 0.15) is 5.78 Å². The van der Waals surface area contributed by atoms with Crippen molar-refractivity contribution in [2.24, 2.45) is 0 Å². The maximum atomic E-state index is 13.5. The zero-order valence-corrected chi connectivity index (χ0v) is 19.6. The van der Waals surface area contributed by atoms with Gasteiger partial charge in [0, 0.05) is 23.5 Å². The molecule has 6 heteroatoms. The summed E-state index contributed by atoms with van der Waals surface area (Å²) in [7, 11) is 0. The van der Waals surface area contributed by atoms with Crippen LogP contribution in [0.2, 0.25) is 0 Å². The molecule has 3 aromatic rings. The van der Waals surface area contributed by atoms with Crippen molar-refractivity contribution in [1.82, 2.24) is 14.5 Å². The van der Waals surface area contributed by atoms with Gasteiger partial charge in [-0.3, -0.25) is 14.7 Å². The van der Waals surface area contributed by atoms with Gasteiger partial charge in [0.05, 0.1) is 29.7 Å². The lowest BCUT2D eigenvalue weighted by Crippen LogP contribution is -2.34. The fraction of sp³-hybridized carbons (Fsp3) is 0.407. The first-order valence-electron chi connectivity index (χ1n) is 11.6. The van der Waals surface area contributed by atoms with Gasteiger partial charge >= 0.3 is 0 Å². The van der Waals surface area contributed by atoms with Crippen molar-refractivity contribution in [3.8, 4) is 5.69 Å². The zero-order chi connectivity index (χ0) is 23.5. The molecule has 0 radical (unpaired) electrons. The Morgan fingerprint density at radius 1 is 1.09 bits per heavy atom. The highest BCUT2D eigenvalue weighted by molar-refractivity contribution is 6.09. The molecule has 1 aromatic carbocycles. The zero-order valence-electron chi connectivity index (χ0n) is 19.6. The van der Waals surface area contributed by atoms with Crippen LogP contribution in [0.25, 0.3) is 21.6 Å². The molecule has 1 fully saturated rings. The third kappa shape index (κ3) is 4.74. The van der Waals surface area contributed by atoms with Gasteiger partial charge in [-0.25, -0.2) is 4.85 Å². The summed E-state index contributed by atoms with van der Waals surface area (Å²) in [5.74, 6) is 0.243. The van der Waals surface area contributed by atoms with E-state index in [1.54, 1.807) is 19.1 Å². The van der Waals surface area contributed by atoms with Crippen molar-refractivity contribution in [2.45, 2.75) is 52.9 Å². The Labute approximate surface area is 195 Å². The van der Waals surface area contributed by atoms with E-state index in [9.17, 15) is 9.59 Å². The molecule has 1 saturated heterocycles. The number of nitrogens with zero attached hydrogens (tertiary/aromatic N) is 4. The van der Waals surface area contributed by atoms with Gasteiger partial charge < -0.3 is 9.36 Å². The van der Waals surface area contributed by atoms with Gasteiger partial charge in [0.25, 0.3) is 0 Å². The molecule has 2 aromatic heterocycles. The number of rotatable bonds is 7. The number of carbonyl (C=O) groups is 2. The number of aromatic nitrogens is 2. The Balaban J connectivity index is 1.85. The number of benzene rings is 1. The van der Waals surface area contributed by atoms with Crippen LogP contribution in [0.5, 0.6) is 0 Å². The Bertz CT molecular complexity index is 1240. The first-order chi connectivity index (χ1) is 15.9. The van der Waals surface area contributed by atoms with Crippen LogP contribution in [0.4, 0.5) is 5.69 Å². The highest BCUT2D eigenvalue weighted by Gasteiger charge is 2.25. The molecule has 0 aliphatic carbocycles. The molecule has 0 bridgehead atoms. The van der Waals surface area contributed by atoms with Crippen molar-refractivity contribution in [1.29, 1.82) is 0 Å². The predicted octanol–water partition coefficient (Wildman–Crippen LogP) is 5.38. The minimum Gasteiger partial charge on any atom is -0.312 e. The maximum absolute atomic E-state index is 13.5. The van der Waals surface area contributed by atoms with E-state index in [1.165, 1.54) is 6.42 Å². The molecule has 0 unspecified atom stereocenters. The lowest BCUT2D eigenvalue weighted by atomic mass is 10.0. The minimum atomic E-state index is 0.0966.